The van der Waals surface area contributed by atoms with Gasteiger partial charge >= 0.3 is 6.18 Å². The summed E-state index contributed by atoms with van der Waals surface area (Å²) in [6.07, 6.45) is -2.79. The van der Waals surface area contributed by atoms with Crippen molar-refractivity contribution in [3.8, 4) is 5.75 Å². The van der Waals surface area contributed by atoms with E-state index < -0.39 is 18.3 Å². The van der Waals surface area contributed by atoms with Crippen molar-refractivity contribution in [1.29, 1.82) is 0 Å². The highest BCUT2D eigenvalue weighted by Crippen LogP contribution is 2.44. The van der Waals surface area contributed by atoms with Crippen LogP contribution < -0.4 is 10.1 Å². The van der Waals surface area contributed by atoms with Crippen LogP contribution in [0.25, 0.3) is 0 Å². The Morgan fingerprint density at radius 1 is 1.00 bits per heavy atom. The number of ketones is 1. The monoisotopic (exact) mass is 519 g/mol. The molecule has 5 rings (SSSR count). The fourth-order valence-electron chi connectivity index (χ4n) is 5.13. The van der Waals surface area contributed by atoms with Crippen molar-refractivity contribution in [2.24, 2.45) is 0 Å². The number of anilines is 1. The largest absolute Gasteiger partial charge is 0.497 e. The molecular formula is C30H28F3N3O2. The van der Waals surface area contributed by atoms with E-state index >= 15 is 0 Å². The lowest BCUT2D eigenvalue weighted by molar-refractivity contribution is -0.173. The average molecular weight is 520 g/mol. The molecule has 1 aromatic heterocycles. The van der Waals surface area contributed by atoms with Crippen molar-refractivity contribution in [1.82, 2.24) is 9.78 Å². The van der Waals surface area contributed by atoms with Crippen LogP contribution in [0.1, 0.15) is 64.3 Å². The standard InChI is InChI=1S/C30H28F3N3O2/c1-38-23-14-12-21(13-15-23)24(20-8-4-2-5-9-20)16-17-27(37)25-19-34-36-28(30(31,32)33)18-26(35-29(25)36)22-10-6-3-7-11-22/h2-15,19,24,26,28,35H,16-18H2,1H3. The van der Waals surface area contributed by atoms with Gasteiger partial charge in [-0.2, -0.15) is 18.3 Å². The summed E-state index contributed by atoms with van der Waals surface area (Å²) in [5.41, 5.74) is 3.00. The minimum Gasteiger partial charge on any atom is -0.497 e. The first-order chi connectivity index (χ1) is 18.3. The summed E-state index contributed by atoms with van der Waals surface area (Å²) in [4.78, 5) is 13.5. The minimum absolute atomic E-state index is 0.0644. The second kappa shape index (κ2) is 10.7. The molecule has 4 aromatic rings. The van der Waals surface area contributed by atoms with Crippen molar-refractivity contribution < 1.29 is 22.7 Å². The Bertz CT molecular complexity index is 1370. The van der Waals surface area contributed by atoms with Crippen LogP contribution in [0.15, 0.2) is 91.1 Å². The summed E-state index contributed by atoms with van der Waals surface area (Å²) in [5.74, 6) is 0.549. The predicted octanol–water partition coefficient (Wildman–Crippen LogP) is 7.35. The molecule has 3 unspecified atom stereocenters. The van der Waals surface area contributed by atoms with Gasteiger partial charge in [-0.05, 0) is 35.2 Å². The van der Waals surface area contributed by atoms with E-state index in [2.05, 4.69) is 10.4 Å². The first-order valence-corrected chi connectivity index (χ1v) is 12.5. The molecule has 1 aliphatic heterocycles. The fraction of sp³-hybridized carbons (Fsp3) is 0.267. The molecule has 5 nitrogen and oxygen atoms in total. The molecule has 196 valence electrons. The van der Waals surface area contributed by atoms with Crippen LogP contribution in [-0.4, -0.2) is 28.8 Å². The van der Waals surface area contributed by atoms with Crippen molar-refractivity contribution >= 4 is 11.6 Å². The number of fused-ring (bicyclic) bond motifs is 1. The number of methoxy groups -OCH3 is 1. The van der Waals surface area contributed by atoms with Gasteiger partial charge in [0.25, 0.3) is 0 Å². The normalized spacial score (nSPS) is 17.8. The molecule has 8 heteroatoms. The zero-order chi connectivity index (χ0) is 26.7. The van der Waals surface area contributed by atoms with Crippen LogP contribution in [0.5, 0.6) is 5.75 Å². The Balaban J connectivity index is 1.41. The van der Waals surface area contributed by atoms with E-state index in [9.17, 15) is 18.0 Å². The molecule has 3 aromatic carbocycles. The number of nitrogens with zero attached hydrogens (tertiary/aromatic N) is 2. The first-order valence-electron chi connectivity index (χ1n) is 12.5. The number of halogens is 3. The van der Waals surface area contributed by atoms with Gasteiger partial charge < -0.3 is 10.1 Å². The Labute approximate surface area is 219 Å². The second-order valence-electron chi connectivity index (χ2n) is 9.45. The summed E-state index contributed by atoms with van der Waals surface area (Å²) in [6, 6.07) is 24.2. The van der Waals surface area contributed by atoms with Crippen LogP contribution in [-0.2, 0) is 0 Å². The predicted molar refractivity (Wildman–Crippen MR) is 140 cm³/mol. The van der Waals surface area contributed by atoms with E-state index in [4.69, 9.17) is 4.74 Å². The van der Waals surface area contributed by atoms with Crippen LogP contribution in [0.4, 0.5) is 19.0 Å². The van der Waals surface area contributed by atoms with E-state index in [1.807, 2.05) is 60.7 Å². The zero-order valence-electron chi connectivity index (χ0n) is 20.9. The fourth-order valence-corrected chi connectivity index (χ4v) is 5.13. The molecule has 1 aliphatic rings. The number of hydrogen-bond donors (Lipinski definition) is 1. The van der Waals surface area contributed by atoms with Crippen LogP contribution in [0, 0.1) is 0 Å². The van der Waals surface area contributed by atoms with Crippen molar-refractivity contribution in [2.45, 2.75) is 43.4 Å². The summed E-state index contributed by atoms with van der Waals surface area (Å²) in [6.45, 7) is 0. The lowest BCUT2D eigenvalue weighted by Crippen LogP contribution is -2.36. The zero-order valence-corrected chi connectivity index (χ0v) is 20.9. The minimum atomic E-state index is -4.50. The highest BCUT2D eigenvalue weighted by Gasteiger charge is 2.47. The third-order valence-corrected chi connectivity index (χ3v) is 7.12. The molecule has 0 aliphatic carbocycles. The van der Waals surface area contributed by atoms with Gasteiger partial charge in [-0.1, -0.05) is 72.8 Å². The molecule has 0 saturated carbocycles. The number of hydrogen-bond acceptors (Lipinski definition) is 4. The van der Waals surface area contributed by atoms with Gasteiger partial charge in [-0.15, -0.1) is 0 Å². The molecule has 1 N–H and O–H groups in total. The van der Waals surface area contributed by atoms with Gasteiger partial charge in [0.15, 0.2) is 11.8 Å². The lowest BCUT2D eigenvalue weighted by Gasteiger charge is -2.34. The molecule has 0 fully saturated rings. The summed E-state index contributed by atoms with van der Waals surface area (Å²) in [5, 5.41) is 7.19. The third-order valence-electron chi connectivity index (χ3n) is 7.12. The van der Waals surface area contributed by atoms with Crippen molar-refractivity contribution in [3.63, 3.8) is 0 Å². The van der Waals surface area contributed by atoms with Crippen LogP contribution >= 0.6 is 0 Å². The summed E-state index contributed by atoms with van der Waals surface area (Å²) >= 11 is 0. The molecule has 0 radical (unpaired) electrons. The number of aromatic nitrogens is 2. The number of benzene rings is 3. The van der Waals surface area contributed by atoms with Crippen molar-refractivity contribution in [3.05, 3.63) is 113 Å². The maximum atomic E-state index is 14.0. The van der Waals surface area contributed by atoms with Gasteiger partial charge in [-0.25, -0.2) is 4.68 Å². The van der Waals surface area contributed by atoms with E-state index in [1.54, 1.807) is 31.4 Å². The van der Waals surface area contributed by atoms with Gasteiger partial charge in [0.2, 0.25) is 0 Å². The number of ether oxygens (including phenoxy) is 1. The molecule has 0 amide bonds. The average Bonchev–Trinajstić information content (AvgIpc) is 3.37. The number of alkyl halides is 3. The highest BCUT2D eigenvalue weighted by molar-refractivity contribution is 6.00. The van der Waals surface area contributed by atoms with Gasteiger partial charge in [0, 0.05) is 18.8 Å². The van der Waals surface area contributed by atoms with Gasteiger partial charge in [-0.3, -0.25) is 4.79 Å². The Hall–Kier alpha value is -4.07. The van der Waals surface area contributed by atoms with E-state index in [0.717, 1.165) is 27.1 Å². The smallest absolute Gasteiger partial charge is 0.410 e. The third kappa shape index (κ3) is 5.30. The van der Waals surface area contributed by atoms with E-state index in [-0.39, 0.29) is 35.9 Å². The first kappa shape index (κ1) is 25.6. The van der Waals surface area contributed by atoms with Crippen LogP contribution in [0.3, 0.4) is 0 Å². The number of nitrogens with one attached hydrogen (secondary N) is 1. The Kier molecular flexibility index (Phi) is 7.22. The number of carbonyl (C=O) groups excluding carboxylic acids is 1. The van der Waals surface area contributed by atoms with E-state index in [0.29, 0.717) is 6.42 Å². The SMILES string of the molecule is COc1ccc(C(CCC(=O)c2cnn3c2NC(c2ccccc2)CC3C(F)(F)F)c2ccccc2)cc1. The van der Waals surface area contributed by atoms with Crippen molar-refractivity contribution in [2.75, 3.05) is 12.4 Å². The molecule has 2 heterocycles. The van der Waals surface area contributed by atoms with Gasteiger partial charge in [0.1, 0.15) is 11.6 Å². The van der Waals surface area contributed by atoms with Crippen LogP contribution in [0.2, 0.25) is 0 Å². The maximum absolute atomic E-state index is 14.0. The van der Waals surface area contributed by atoms with E-state index in [1.165, 1.54) is 6.20 Å². The summed E-state index contributed by atoms with van der Waals surface area (Å²) in [7, 11) is 1.61. The number of rotatable bonds is 8. The molecule has 3 atom stereocenters. The molecule has 0 spiro atoms. The molecule has 0 saturated heterocycles. The number of carbonyl (C=O) groups is 1. The van der Waals surface area contributed by atoms with Gasteiger partial charge in [0.05, 0.1) is 24.9 Å². The second-order valence-corrected chi connectivity index (χ2v) is 9.45. The Morgan fingerprint density at radius 2 is 1.63 bits per heavy atom. The lowest BCUT2D eigenvalue weighted by atomic mass is 9.86. The Morgan fingerprint density at radius 3 is 2.26 bits per heavy atom. The molecule has 0 bridgehead atoms. The quantitative estimate of drug-likeness (QED) is 0.247. The highest BCUT2D eigenvalue weighted by atomic mass is 19.4. The molecular weight excluding hydrogens is 491 g/mol. The number of Topliss-reactive ketones (excluding diaryl/α,β-unsaturated/α-hetero) is 1. The summed E-state index contributed by atoms with van der Waals surface area (Å²) < 4.78 is 48.3. The molecule has 38 heavy (non-hydrogen) atoms. The maximum Gasteiger partial charge on any atom is 0.410 e. The topological polar surface area (TPSA) is 56.1 Å².